The van der Waals surface area contributed by atoms with Crippen LogP contribution in [0.5, 0.6) is 5.88 Å². The molecule has 2 aromatic heterocycles. The lowest BCUT2D eigenvalue weighted by Crippen LogP contribution is -2.51. The maximum Gasteiger partial charge on any atom is 0.238 e. The molecule has 0 saturated heterocycles. The fraction of sp³-hybridized carbons (Fsp3) is 0.423. The second kappa shape index (κ2) is 9.23. The Balaban J connectivity index is 1.55. The first kappa shape index (κ1) is 25.4. The lowest BCUT2D eigenvalue weighted by molar-refractivity contribution is -0.130. The van der Waals surface area contributed by atoms with Gasteiger partial charge in [-0.15, -0.1) is 0 Å². The van der Waals surface area contributed by atoms with Crippen molar-refractivity contribution in [1.82, 2.24) is 14.9 Å². The monoisotopic (exact) mass is 525 g/mol. The summed E-state index contributed by atoms with van der Waals surface area (Å²) in [5, 5.41) is 10.9. The van der Waals surface area contributed by atoms with E-state index in [2.05, 4.69) is 14.7 Å². The molecule has 1 saturated carbocycles. The summed E-state index contributed by atoms with van der Waals surface area (Å²) >= 11 is 0. The number of benzene rings is 1. The van der Waals surface area contributed by atoms with E-state index in [1.807, 2.05) is 37.2 Å². The van der Waals surface area contributed by atoms with Gasteiger partial charge in [-0.2, -0.15) is 0 Å². The number of hydrogen-bond acceptors (Lipinski definition) is 8. The van der Waals surface area contributed by atoms with Crippen molar-refractivity contribution in [2.24, 2.45) is 0 Å². The second-order valence-corrected chi connectivity index (χ2v) is 12.0. The number of fused-ring (bicyclic) bond motifs is 4. The number of amides is 1. The van der Waals surface area contributed by atoms with Gasteiger partial charge in [0.05, 0.1) is 41.8 Å². The molecule has 1 spiro atoms. The molecule has 1 amide bonds. The number of aliphatic hydroxyl groups excluding tert-OH is 1. The minimum Gasteiger partial charge on any atom is -0.476 e. The molecule has 2 aliphatic rings. The number of hydrogen-bond donors (Lipinski definition) is 2. The number of likely N-dealkylation sites (N-methyl/N-ethyl adjacent to an activating group) is 1. The number of aliphatic hydroxyl groups is 1. The molecule has 10 nitrogen and oxygen atoms in total. The second-order valence-electron chi connectivity index (χ2n) is 10.2. The van der Waals surface area contributed by atoms with Crippen molar-refractivity contribution in [1.29, 1.82) is 0 Å². The Bertz CT molecular complexity index is 1480. The topological polar surface area (TPSA) is 125 Å². The number of carbonyl (C=O) groups is 1. The first-order valence-electron chi connectivity index (χ1n) is 12.1. The molecule has 0 atom stereocenters. The van der Waals surface area contributed by atoms with Crippen LogP contribution >= 0.6 is 0 Å². The van der Waals surface area contributed by atoms with Crippen LogP contribution in [0.3, 0.4) is 0 Å². The Morgan fingerprint density at radius 3 is 2.62 bits per heavy atom. The number of nitrogens with zero attached hydrogens (tertiary/aromatic N) is 4. The standard InChI is InChI=1S/C26H31N5O5S/c1-30(2)8-5-9-36-24-21(29-37(4,34)35)11-17(14-28-24)16-6-7-20-19(10-16)23-22(15-27-20)31(3)25(33)26(23)12-18(32)13-26/h6-7,10-11,14-15,18,29,32H,5,8-9,12-13H2,1-4H3. The third-order valence-corrected chi connectivity index (χ3v) is 7.63. The van der Waals surface area contributed by atoms with Gasteiger partial charge in [0, 0.05) is 36.3 Å². The van der Waals surface area contributed by atoms with E-state index in [1.165, 1.54) is 0 Å². The van der Waals surface area contributed by atoms with Crippen LogP contribution in [0.1, 0.15) is 24.8 Å². The largest absolute Gasteiger partial charge is 0.476 e. The van der Waals surface area contributed by atoms with Gasteiger partial charge in [-0.25, -0.2) is 13.4 Å². The number of ether oxygens (including phenoxy) is 1. The predicted octanol–water partition coefficient (Wildman–Crippen LogP) is 2.37. The Morgan fingerprint density at radius 2 is 1.95 bits per heavy atom. The Morgan fingerprint density at radius 1 is 1.19 bits per heavy atom. The molecule has 3 aromatic rings. The highest BCUT2D eigenvalue weighted by molar-refractivity contribution is 7.92. The fourth-order valence-electron chi connectivity index (χ4n) is 5.33. The molecule has 1 aliphatic carbocycles. The summed E-state index contributed by atoms with van der Waals surface area (Å²) < 4.78 is 32.4. The van der Waals surface area contributed by atoms with Gasteiger partial charge in [-0.3, -0.25) is 14.5 Å². The third-order valence-electron chi connectivity index (χ3n) is 7.04. The molecule has 2 N–H and O–H groups in total. The van der Waals surface area contributed by atoms with Crippen LogP contribution < -0.4 is 14.4 Å². The van der Waals surface area contributed by atoms with Crippen molar-refractivity contribution in [3.63, 3.8) is 0 Å². The van der Waals surface area contributed by atoms with Crippen LogP contribution in [0.2, 0.25) is 0 Å². The number of carbonyl (C=O) groups excluding carboxylic acids is 1. The summed E-state index contributed by atoms with van der Waals surface area (Å²) in [6.45, 7) is 1.23. The number of anilines is 2. The number of rotatable bonds is 8. The van der Waals surface area contributed by atoms with Gasteiger partial charge in [0.15, 0.2) is 0 Å². The van der Waals surface area contributed by atoms with E-state index < -0.39 is 21.5 Å². The zero-order valence-corrected chi connectivity index (χ0v) is 22.2. The van der Waals surface area contributed by atoms with E-state index in [1.54, 1.807) is 30.4 Å². The molecule has 11 heteroatoms. The summed E-state index contributed by atoms with van der Waals surface area (Å²) in [7, 11) is 2.12. The van der Waals surface area contributed by atoms with Crippen LogP contribution in [0, 0.1) is 0 Å². The van der Waals surface area contributed by atoms with Crippen molar-refractivity contribution in [3.8, 4) is 17.0 Å². The van der Waals surface area contributed by atoms with Crippen molar-refractivity contribution in [2.45, 2.75) is 30.8 Å². The minimum atomic E-state index is -3.57. The molecule has 1 aliphatic heterocycles. The molecule has 0 radical (unpaired) electrons. The zero-order chi connectivity index (χ0) is 26.5. The molecule has 1 aromatic carbocycles. The summed E-state index contributed by atoms with van der Waals surface area (Å²) in [6, 6.07) is 7.43. The van der Waals surface area contributed by atoms with Gasteiger partial charge >= 0.3 is 0 Å². The molecular weight excluding hydrogens is 494 g/mol. The Labute approximate surface area is 216 Å². The van der Waals surface area contributed by atoms with E-state index in [0.29, 0.717) is 25.0 Å². The quantitative estimate of drug-likeness (QED) is 0.430. The van der Waals surface area contributed by atoms with E-state index in [9.17, 15) is 18.3 Å². The van der Waals surface area contributed by atoms with Crippen LogP contribution in [-0.2, 0) is 20.2 Å². The molecule has 1 fully saturated rings. The predicted molar refractivity (Wildman–Crippen MR) is 142 cm³/mol. The average molecular weight is 526 g/mol. The molecule has 0 unspecified atom stereocenters. The van der Waals surface area contributed by atoms with Gasteiger partial charge in [-0.05, 0) is 57.1 Å². The summed E-state index contributed by atoms with van der Waals surface area (Å²) in [4.78, 5) is 25.8. The molecule has 5 rings (SSSR count). The maximum atomic E-state index is 13.2. The number of pyridine rings is 2. The van der Waals surface area contributed by atoms with E-state index >= 15 is 0 Å². The highest BCUT2D eigenvalue weighted by Crippen LogP contribution is 2.55. The molecule has 0 bridgehead atoms. The number of nitrogens with one attached hydrogen (secondary N) is 1. The van der Waals surface area contributed by atoms with Crippen LogP contribution in [0.25, 0.3) is 22.0 Å². The number of aromatic nitrogens is 2. The summed E-state index contributed by atoms with van der Waals surface area (Å²) in [6.07, 6.45) is 5.47. The lowest BCUT2D eigenvalue weighted by atomic mass is 9.62. The first-order valence-corrected chi connectivity index (χ1v) is 14.0. The molecule has 196 valence electrons. The number of sulfonamides is 1. The summed E-state index contributed by atoms with van der Waals surface area (Å²) in [5.74, 6) is 0.190. The Hall–Kier alpha value is -3.28. The minimum absolute atomic E-state index is 0.0235. The average Bonchev–Trinajstić information content (AvgIpc) is 3.03. The Kier molecular flexibility index (Phi) is 6.33. The fourth-order valence-corrected chi connectivity index (χ4v) is 5.87. The van der Waals surface area contributed by atoms with Gasteiger partial charge in [-0.1, -0.05) is 6.07 Å². The van der Waals surface area contributed by atoms with Crippen LogP contribution in [0.15, 0.2) is 36.7 Å². The maximum absolute atomic E-state index is 13.2. The van der Waals surface area contributed by atoms with Crippen LogP contribution in [0.4, 0.5) is 11.4 Å². The molecule has 3 heterocycles. The molecule has 37 heavy (non-hydrogen) atoms. The van der Waals surface area contributed by atoms with Gasteiger partial charge in [0.25, 0.3) is 0 Å². The first-order chi connectivity index (χ1) is 17.5. The van der Waals surface area contributed by atoms with Crippen molar-refractivity contribution < 1.29 is 23.1 Å². The highest BCUT2D eigenvalue weighted by Gasteiger charge is 2.58. The van der Waals surface area contributed by atoms with Crippen molar-refractivity contribution >= 4 is 38.2 Å². The smallest absolute Gasteiger partial charge is 0.238 e. The van der Waals surface area contributed by atoms with Crippen LogP contribution in [-0.4, -0.2) is 81.0 Å². The highest BCUT2D eigenvalue weighted by atomic mass is 32.2. The SMILES string of the molecule is CN(C)CCCOc1ncc(-c2ccc3ncc4c(c3c2)C2(CC(O)C2)C(=O)N4C)cc1NS(C)(=O)=O. The van der Waals surface area contributed by atoms with E-state index in [0.717, 1.165) is 46.9 Å². The van der Waals surface area contributed by atoms with Crippen molar-refractivity contribution in [3.05, 3.63) is 42.2 Å². The van der Waals surface area contributed by atoms with E-state index in [-0.39, 0.29) is 17.5 Å². The van der Waals surface area contributed by atoms with Gasteiger partial charge in [0.2, 0.25) is 21.8 Å². The zero-order valence-electron chi connectivity index (χ0n) is 21.4. The third kappa shape index (κ3) is 4.62. The lowest BCUT2D eigenvalue weighted by Gasteiger charge is -2.41. The van der Waals surface area contributed by atoms with Gasteiger partial charge < -0.3 is 19.6 Å². The van der Waals surface area contributed by atoms with Gasteiger partial charge in [0.1, 0.15) is 5.69 Å². The summed E-state index contributed by atoms with van der Waals surface area (Å²) in [5.41, 5.74) is 3.38. The normalized spacial score (nSPS) is 21.0. The van der Waals surface area contributed by atoms with E-state index in [4.69, 9.17) is 4.74 Å². The molecular formula is C26H31N5O5S. The van der Waals surface area contributed by atoms with Crippen molar-refractivity contribution in [2.75, 3.05) is 50.2 Å².